The lowest BCUT2D eigenvalue weighted by Gasteiger charge is -2.20. The van der Waals surface area contributed by atoms with Gasteiger partial charge in [-0.3, -0.25) is 4.98 Å². The highest BCUT2D eigenvalue weighted by Gasteiger charge is 2.28. The van der Waals surface area contributed by atoms with Gasteiger partial charge in [0.2, 0.25) is 0 Å². The van der Waals surface area contributed by atoms with Crippen molar-refractivity contribution in [2.45, 2.75) is 0 Å². The van der Waals surface area contributed by atoms with E-state index in [4.69, 9.17) is 0 Å². The fraction of sp³-hybridized carbons (Fsp3) is 0. The lowest BCUT2D eigenvalue weighted by Crippen LogP contribution is -2.28. The Kier molecular flexibility index (Phi) is 4.77. The van der Waals surface area contributed by atoms with Gasteiger partial charge < -0.3 is 0 Å². The van der Waals surface area contributed by atoms with Crippen molar-refractivity contribution in [3.05, 3.63) is 83.6 Å². The Balaban J connectivity index is 2.34. The van der Waals surface area contributed by atoms with Crippen LogP contribution in [0.15, 0.2) is 48.7 Å². The van der Waals surface area contributed by atoms with Crippen LogP contribution in [0.2, 0.25) is 0 Å². The quantitative estimate of drug-likeness (QED) is 0.389. The van der Waals surface area contributed by atoms with Gasteiger partial charge in [-0.2, -0.15) is 0 Å². The number of nitrogens with zero attached hydrogens (tertiary/aromatic N) is 1. The monoisotopic (exact) mass is 371 g/mol. The zero-order valence-electron chi connectivity index (χ0n) is 12.3. The van der Waals surface area contributed by atoms with Crippen LogP contribution < -0.4 is 16.0 Å². The Morgan fingerprint density at radius 3 is 1.64 bits per heavy atom. The van der Waals surface area contributed by atoms with Gasteiger partial charge in [-0.25, -0.2) is 26.3 Å². The number of benzene rings is 2. The molecule has 0 bridgehead atoms. The van der Waals surface area contributed by atoms with Crippen molar-refractivity contribution in [3.8, 4) is 0 Å². The van der Waals surface area contributed by atoms with E-state index in [9.17, 15) is 26.3 Å². The fourth-order valence-corrected chi connectivity index (χ4v) is 4.55. The van der Waals surface area contributed by atoms with Crippen LogP contribution >= 0.6 is 7.92 Å². The van der Waals surface area contributed by atoms with Crippen LogP contribution in [0, 0.1) is 34.9 Å². The molecule has 3 aromatic rings. The molecular weight excluding hydrogens is 363 g/mol. The van der Waals surface area contributed by atoms with E-state index in [1.165, 1.54) is 24.4 Å². The van der Waals surface area contributed by atoms with Gasteiger partial charge in [0.15, 0.2) is 23.3 Å². The highest BCUT2D eigenvalue weighted by atomic mass is 31.1. The molecule has 0 atom stereocenters. The van der Waals surface area contributed by atoms with E-state index in [2.05, 4.69) is 4.98 Å². The van der Waals surface area contributed by atoms with Crippen LogP contribution in [0.4, 0.5) is 26.3 Å². The Hall–Kier alpha value is -2.40. The first-order valence-corrected chi connectivity index (χ1v) is 8.23. The third-order valence-electron chi connectivity index (χ3n) is 3.31. The van der Waals surface area contributed by atoms with Crippen molar-refractivity contribution in [3.63, 3.8) is 0 Å². The summed E-state index contributed by atoms with van der Waals surface area (Å²) in [5.74, 6) is -8.04. The van der Waals surface area contributed by atoms with E-state index < -0.39 is 53.4 Å². The molecule has 0 fully saturated rings. The Bertz CT molecular complexity index is 875. The predicted molar refractivity (Wildman–Crippen MR) is 82.7 cm³/mol. The average molecular weight is 371 g/mol. The smallest absolute Gasteiger partial charge is 0.167 e. The van der Waals surface area contributed by atoms with Gasteiger partial charge in [-0.05, 0) is 24.3 Å². The van der Waals surface area contributed by atoms with Gasteiger partial charge in [-0.1, -0.05) is 6.07 Å². The molecule has 0 aliphatic heterocycles. The third kappa shape index (κ3) is 3.37. The molecule has 0 saturated carbocycles. The molecule has 0 amide bonds. The van der Waals surface area contributed by atoms with Crippen molar-refractivity contribution in [2.24, 2.45) is 0 Å². The molecule has 0 unspecified atom stereocenters. The maximum atomic E-state index is 14.3. The molecule has 1 heterocycles. The molecule has 0 saturated heterocycles. The van der Waals surface area contributed by atoms with Crippen molar-refractivity contribution in [1.29, 1.82) is 0 Å². The summed E-state index contributed by atoms with van der Waals surface area (Å²) >= 11 is 0. The van der Waals surface area contributed by atoms with E-state index in [1.54, 1.807) is 0 Å². The van der Waals surface area contributed by atoms with E-state index in [0.717, 1.165) is 0 Å². The molecule has 25 heavy (non-hydrogen) atoms. The van der Waals surface area contributed by atoms with Crippen molar-refractivity contribution in [2.75, 3.05) is 0 Å². The summed E-state index contributed by atoms with van der Waals surface area (Å²) in [5, 5.41) is -1.12. The van der Waals surface area contributed by atoms with Crippen LogP contribution in [-0.4, -0.2) is 4.98 Å². The van der Waals surface area contributed by atoms with E-state index in [-0.39, 0.29) is 5.44 Å². The van der Waals surface area contributed by atoms with Crippen LogP contribution in [-0.2, 0) is 0 Å². The second kappa shape index (κ2) is 6.84. The third-order valence-corrected chi connectivity index (χ3v) is 5.64. The Morgan fingerprint density at radius 1 is 0.680 bits per heavy atom. The number of pyridine rings is 1. The van der Waals surface area contributed by atoms with E-state index >= 15 is 0 Å². The Morgan fingerprint density at radius 2 is 1.20 bits per heavy atom. The molecule has 0 N–H and O–H groups in total. The zero-order valence-corrected chi connectivity index (χ0v) is 13.2. The normalized spacial score (nSPS) is 11.2. The van der Waals surface area contributed by atoms with Gasteiger partial charge in [-0.15, -0.1) is 0 Å². The standard InChI is InChI=1S/C17H8F6NP/c18-9-5-11(20)16(22)13(7-9)25(15-3-1-2-4-24-15)14-8-10(19)6-12(21)17(14)23/h1-8H. The summed E-state index contributed by atoms with van der Waals surface area (Å²) in [7, 11) is -2.37. The minimum absolute atomic E-state index is 0.0327. The molecule has 0 radical (unpaired) electrons. The topological polar surface area (TPSA) is 12.9 Å². The number of hydrogen-bond donors (Lipinski definition) is 0. The van der Waals surface area contributed by atoms with Gasteiger partial charge in [0.1, 0.15) is 11.6 Å². The molecular formula is C17H8F6NP. The predicted octanol–water partition coefficient (Wildman–Crippen LogP) is 3.67. The first-order valence-electron chi connectivity index (χ1n) is 6.88. The number of rotatable bonds is 3. The lowest BCUT2D eigenvalue weighted by molar-refractivity contribution is 0.499. The minimum atomic E-state index is -2.37. The number of hydrogen-bond acceptors (Lipinski definition) is 1. The van der Waals surface area contributed by atoms with Crippen LogP contribution in [0.1, 0.15) is 0 Å². The Labute approximate surface area is 139 Å². The summed E-state index contributed by atoms with van der Waals surface area (Å²) in [4.78, 5) is 3.94. The first kappa shape index (κ1) is 17.4. The van der Waals surface area contributed by atoms with Gasteiger partial charge in [0, 0.05) is 36.9 Å². The van der Waals surface area contributed by atoms with Crippen LogP contribution in [0.3, 0.4) is 0 Å². The molecule has 0 aliphatic rings. The summed E-state index contributed by atoms with van der Waals surface area (Å²) in [5.41, 5.74) is 0.0327. The lowest BCUT2D eigenvalue weighted by atomic mass is 10.3. The average Bonchev–Trinajstić information content (AvgIpc) is 2.57. The molecule has 1 aromatic heterocycles. The maximum Gasteiger partial charge on any atom is 0.167 e. The van der Waals surface area contributed by atoms with E-state index in [1.807, 2.05) is 0 Å². The molecule has 0 aliphatic carbocycles. The molecule has 3 rings (SSSR count). The minimum Gasteiger partial charge on any atom is -0.256 e. The number of aromatic nitrogens is 1. The van der Waals surface area contributed by atoms with E-state index in [0.29, 0.717) is 24.3 Å². The highest BCUT2D eigenvalue weighted by Crippen LogP contribution is 2.35. The summed E-state index contributed by atoms with van der Waals surface area (Å²) in [6.07, 6.45) is 1.30. The molecule has 1 nitrogen and oxygen atoms in total. The largest absolute Gasteiger partial charge is 0.256 e. The van der Waals surface area contributed by atoms with Gasteiger partial charge in [0.05, 0.1) is 5.44 Å². The molecule has 128 valence electrons. The van der Waals surface area contributed by atoms with Crippen molar-refractivity contribution >= 4 is 24.0 Å². The first-order chi connectivity index (χ1) is 11.9. The zero-order chi connectivity index (χ0) is 18.1. The maximum absolute atomic E-state index is 14.3. The summed E-state index contributed by atoms with van der Waals surface area (Å²) in [6, 6.07) is 6.35. The van der Waals surface area contributed by atoms with Crippen LogP contribution in [0.25, 0.3) is 0 Å². The number of halogens is 6. The summed E-state index contributed by atoms with van der Waals surface area (Å²) in [6.45, 7) is 0. The van der Waals surface area contributed by atoms with Crippen molar-refractivity contribution < 1.29 is 26.3 Å². The molecule has 2 aromatic carbocycles. The van der Waals surface area contributed by atoms with Gasteiger partial charge in [0.25, 0.3) is 0 Å². The SMILES string of the molecule is Fc1cc(F)c(F)c(P(c2ccccn2)c2cc(F)cc(F)c2F)c1. The summed E-state index contributed by atoms with van der Waals surface area (Å²) < 4.78 is 83.0. The fourth-order valence-electron chi connectivity index (χ4n) is 2.27. The second-order valence-corrected chi connectivity index (χ2v) is 7.06. The molecule has 0 spiro atoms. The molecule has 8 heteroatoms. The van der Waals surface area contributed by atoms with Crippen molar-refractivity contribution in [1.82, 2.24) is 4.98 Å². The highest BCUT2D eigenvalue weighted by molar-refractivity contribution is 7.79. The second-order valence-electron chi connectivity index (χ2n) is 4.96. The van der Waals surface area contributed by atoms with Crippen LogP contribution in [0.5, 0.6) is 0 Å². The van der Waals surface area contributed by atoms with Gasteiger partial charge >= 0.3 is 0 Å².